The molecule has 1 heterocycles. The summed E-state index contributed by atoms with van der Waals surface area (Å²) in [5, 5.41) is 0. The van der Waals surface area contributed by atoms with Gasteiger partial charge in [-0.3, -0.25) is 0 Å². The molecule has 0 atom stereocenters. The third-order valence-corrected chi connectivity index (χ3v) is 6.29. The maximum Gasteiger partial charge on any atom is 0.0544 e. The van der Waals surface area contributed by atoms with Gasteiger partial charge in [-0.05, 0) is 49.5 Å². The van der Waals surface area contributed by atoms with Crippen LogP contribution in [0.25, 0.3) is 39.1 Å². The van der Waals surface area contributed by atoms with Crippen LogP contribution in [0.1, 0.15) is 42.7 Å². The normalized spacial score (nSPS) is 12.5. The summed E-state index contributed by atoms with van der Waals surface area (Å²) in [5.41, 5.74) is 13.5. The fourth-order valence-electron chi connectivity index (χ4n) is 4.42. The molecule has 35 heavy (non-hydrogen) atoms. The summed E-state index contributed by atoms with van der Waals surface area (Å²) in [6, 6.07) is 26.6. The Morgan fingerprint density at radius 1 is 0.543 bits per heavy atom. The van der Waals surface area contributed by atoms with Gasteiger partial charge < -0.3 is 4.98 Å². The van der Waals surface area contributed by atoms with Gasteiger partial charge in [-0.15, -0.1) is 0 Å². The average molecular weight is 458 g/mol. The van der Waals surface area contributed by atoms with E-state index in [-0.39, 0.29) is 0 Å². The summed E-state index contributed by atoms with van der Waals surface area (Å²) in [7, 11) is 0. The molecule has 5 rings (SSSR count). The third-order valence-electron chi connectivity index (χ3n) is 6.29. The minimum absolute atomic E-state index is 0.955. The summed E-state index contributed by atoms with van der Waals surface area (Å²) >= 11 is 0. The van der Waals surface area contributed by atoms with Crippen LogP contribution in [0.15, 0.2) is 103 Å². The van der Waals surface area contributed by atoms with Crippen LogP contribution in [0, 0.1) is 20.8 Å². The maximum atomic E-state index is 3.86. The lowest BCUT2D eigenvalue weighted by atomic mass is 9.90. The van der Waals surface area contributed by atoms with Crippen molar-refractivity contribution in [3.05, 3.63) is 126 Å². The topological polar surface area (TPSA) is 15.8 Å². The molecule has 0 amide bonds. The number of hydrogen-bond donors (Lipinski definition) is 1. The highest BCUT2D eigenvalue weighted by molar-refractivity contribution is 6.00. The minimum Gasteiger partial charge on any atom is -0.353 e. The van der Waals surface area contributed by atoms with Gasteiger partial charge in [0, 0.05) is 11.1 Å². The van der Waals surface area contributed by atoms with Crippen molar-refractivity contribution >= 4 is 5.57 Å². The van der Waals surface area contributed by atoms with Crippen LogP contribution in [0.2, 0.25) is 0 Å². The second kappa shape index (κ2) is 11.1. The molecule has 0 aliphatic heterocycles. The maximum absolute atomic E-state index is 3.86. The number of H-pyrrole nitrogens is 1. The van der Waals surface area contributed by atoms with Gasteiger partial charge >= 0.3 is 0 Å². The van der Waals surface area contributed by atoms with Crippen molar-refractivity contribution in [1.82, 2.24) is 4.98 Å². The van der Waals surface area contributed by atoms with E-state index in [2.05, 4.69) is 129 Å². The van der Waals surface area contributed by atoms with Crippen LogP contribution in [-0.4, -0.2) is 4.98 Å². The highest BCUT2D eigenvalue weighted by Gasteiger charge is 2.23. The first-order chi connectivity index (χ1) is 17.1. The highest BCUT2D eigenvalue weighted by Crippen LogP contribution is 2.45. The zero-order valence-electron chi connectivity index (χ0n) is 21.5. The minimum atomic E-state index is 0.955. The zero-order valence-corrected chi connectivity index (χ0v) is 21.5. The molecule has 0 radical (unpaired) electrons. The van der Waals surface area contributed by atoms with Crippen LogP contribution >= 0.6 is 0 Å². The van der Waals surface area contributed by atoms with Gasteiger partial charge in [-0.25, -0.2) is 0 Å². The summed E-state index contributed by atoms with van der Waals surface area (Å²) in [5.74, 6) is 0. The quantitative estimate of drug-likeness (QED) is 0.314. The van der Waals surface area contributed by atoms with Crippen molar-refractivity contribution in [3.8, 4) is 33.5 Å². The smallest absolute Gasteiger partial charge is 0.0544 e. The molecule has 0 bridgehead atoms. The van der Waals surface area contributed by atoms with Gasteiger partial charge in [0.25, 0.3) is 0 Å². The summed E-state index contributed by atoms with van der Waals surface area (Å²) < 4.78 is 0. The first-order valence-electron chi connectivity index (χ1n) is 12.6. The molecule has 3 aromatic carbocycles. The number of aryl methyl sites for hydroxylation is 3. The van der Waals surface area contributed by atoms with Gasteiger partial charge in [0.15, 0.2) is 0 Å². The molecule has 1 N–H and O–H groups in total. The Labute approximate surface area is 210 Å². The lowest BCUT2D eigenvalue weighted by molar-refractivity contribution is 1.34. The second-order valence-corrected chi connectivity index (χ2v) is 8.91. The number of rotatable bonds is 4. The van der Waals surface area contributed by atoms with Crippen molar-refractivity contribution in [2.24, 2.45) is 0 Å². The van der Waals surface area contributed by atoms with E-state index in [9.17, 15) is 0 Å². The fraction of sp³-hybridized carbons (Fsp3) is 0.176. The third kappa shape index (κ3) is 5.30. The van der Waals surface area contributed by atoms with Crippen molar-refractivity contribution < 1.29 is 0 Å². The largest absolute Gasteiger partial charge is 0.353 e. The molecular weight excluding hydrogens is 422 g/mol. The van der Waals surface area contributed by atoms with Crippen LogP contribution in [-0.2, 0) is 0 Å². The van der Waals surface area contributed by atoms with E-state index in [4.69, 9.17) is 0 Å². The number of aromatic amines is 1. The van der Waals surface area contributed by atoms with E-state index in [1.165, 1.54) is 50.1 Å². The van der Waals surface area contributed by atoms with Gasteiger partial charge in [-0.2, -0.15) is 0 Å². The number of hydrogen-bond acceptors (Lipinski definition) is 0. The van der Waals surface area contributed by atoms with Crippen molar-refractivity contribution in [3.63, 3.8) is 0 Å². The van der Waals surface area contributed by atoms with Gasteiger partial charge in [-0.1, -0.05) is 134 Å². The van der Waals surface area contributed by atoms with Crippen LogP contribution < -0.4 is 0 Å². The molecule has 1 nitrogen and oxygen atoms in total. The second-order valence-electron chi connectivity index (χ2n) is 8.91. The summed E-state index contributed by atoms with van der Waals surface area (Å²) in [6.45, 7) is 10.4. The van der Waals surface area contributed by atoms with Crippen LogP contribution in [0.3, 0.4) is 0 Å². The predicted octanol–water partition coefficient (Wildman–Crippen LogP) is 9.87. The molecule has 1 aliphatic rings. The van der Waals surface area contributed by atoms with Crippen LogP contribution in [0.5, 0.6) is 0 Å². The Balaban J connectivity index is 0.00000141. The Hall–Kier alpha value is -3.84. The Morgan fingerprint density at radius 2 is 1.00 bits per heavy atom. The van der Waals surface area contributed by atoms with E-state index in [0.717, 1.165) is 17.8 Å². The lowest BCUT2D eigenvalue weighted by Gasteiger charge is -2.11. The molecule has 0 saturated heterocycles. The van der Waals surface area contributed by atoms with Crippen molar-refractivity contribution in [2.45, 2.75) is 41.0 Å². The van der Waals surface area contributed by atoms with Crippen molar-refractivity contribution in [1.29, 1.82) is 0 Å². The molecule has 1 aromatic heterocycles. The summed E-state index contributed by atoms with van der Waals surface area (Å²) in [4.78, 5) is 3.86. The molecule has 4 aromatic rings. The first-order valence-corrected chi connectivity index (χ1v) is 12.6. The number of aromatic nitrogens is 1. The van der Waals surface area contributed by atoms with Gasteiger partial charge in [0.1, 0.15) is 0 Å². The molecule has 0 saturated carbocycles. The Bertz CT molecular complexity index is 1360. The molecule has 0 unspecified atom stereocenters. The molecule has 176 valence electrons. The predicted molar refractivity (Wildman–Crippen MR) is 154 cm³/mol. The van der Waals surface area contributed by atoms with E-state index < -0.39 is 0 Å². The molecular formula is C34H35N. The van der Waals surface area contributed by atoms with E-state index in [1.54, 1.807) is 0 Å². The number of nitrogens with one attached hydrogen (secondary N) is 1. The number of allylic oxidation sites excluding steroid dienone is 6. The first kappa shape index (κ1) is 24.3. The van der Waals surface area contributed by atoms with Crippen LogP contribution in [0.4, 0.5) is 0 Å². The monoisotopic (exact) mass is 457 g/mol. The standard InChI is InChI=1S/C32H29N.C2H6/c1-22-10-16-25(17-11-22)29-30(26-18-12-23(2)13-19-26)32(28-20-14-24(3)15-21-28)33-31(29)27-8-6-4-5-7-9-27;1-2/h4,6-21,33H,5H2,1-3H3;1-2H3. The SMILES string of the molecule is CC.Cc1ccc(-c2[nH]c(C3=CC=CCC=C3)c(-c3ccc(C)cc3)c2-c2ccc(C)cc2)cc1. The Morgan fingerprint density at radius 3 is 1.51 bits per heavy atom. The zero-order chi connectivity index (χ0) is 24.8. The lowest BCUT2D eigenvalue weighted by Crippen LogP contribution is -1.88. The van der Waals surface area contributed by atoms with E-state index >= 15 is 0 Å². The fourth-order valence-corrected chi connectivity index (χ4v) is 4.42. The molecule has 1 aliphatic carbocycles. The highest BCUT2D eigenvalue weighted by atomic mass is 14.7. The van der Waals surface area contributed by atoms with E-state index in [1.807, 2.05) is 13.8 Å². The average Bonchev–Trinajstić information content (AvgIpc) is 3.07. The summed E-state index contributed by atoms with van der Waals surface area (Å²) in [6.07, 6.45) is 12.0. The van der Waals surface area contributed by atoms with E-state index in [0.29, 0.717) is 0 Å². The molecule has 1 heteroatoms. The number of benzene rings is 3. The van der Waals surface area contributed by atoms with Gasteiger partial charge in [0.2, 0.25) is 0 Å². The molecule has 0 fully saturated rings. The Kier molecular flexibility index (Phi) is 7.67. The molecule has 0 spiro atoms. The van der Waals surface area contributed by atoms with Crippen molar-refractivity contribution in [2.75, 3.05) is 0 Å². The van der Waals surface area contributed by atoms with Gasteiger partial charge in [0.05, 0.1) is 11.4 Å².